The van der Waals surface area contributed by atoms with Gasteiger partial charge in [-0.05, 0) is 20.8 Å². The molecule has 82 valence electrons. The number of aliphatic carboxylic acids is 1. The number of hydrogen-bond donors (Lipinski definition) is 1. The average molecular weight is 220 g/mol. The van der Waals surface area contributed by atoms with Crippen LogP contribution in [-0.4, -0.2) is 34.2 Å². The fourth-order valence-electron chi connectivity index (χ4n) is 0.686. The Morgan fingerprint density at radius 3 is 2.36 bits per heavy atom. The summed E-state index contributed by atoms with van der Waals surface area (Å²) in [6.45, 7) is 5.40. The number of carboxylic acids is 1. The van der Waals surface area contributed by atoms with Crippen molar-refractivity contribution in [1.29, 1.82) is 0 Å². The molecule has 0 amide bonds. The summed E-state index contributed by atoms with van der Waals surface area (Å²) in [4.78, 5) is 21.3. The van der Waals surface area contributed by atoms with Gasteiger partial charge in [0, 0.05) is 5.75 Å². The summed E-state index contributed by atoms with van der Waals surface area (Å²) in [6, 6.07) is 0. The normalized spacial score (nSPS) is 11.1. The van der Waals surface area contributed by atoms with E-state index in [1.807, 2.05) is 0 Å². The van der Waals surface area contributed by atoms with Crippen LogP contribution < -0.4 is 0 Å². The largest absolute Gasteiger partial charge is 0.481 e. The molecule has 0 aromatic heterocycles. The predicted octanol–water partition coefficient (Wildman–Crippen LogP) is 1.54. The second-order valence-corrected chi connectivity index (χ2v) is 4.89. The van der Waals surface area contributed by atoms with E-state index in [9.17, 15) is 9.59 Å². The van der Waals surface area contributed by atoms with Crippen LogP contribution in [0.3, 0.4) is 0 Å². The van der Waals surface area contributed by atoms with Crippen molar-refractivity contribution in [2.45, 2.75) is 32.8 Å². The Labute approximate surface area is 88.0 Å². The highest BCUT2D eigenvalue weighted by Gasteiger charge is 2.15. The molecule has 14 heavy (non-hydrogen) atoms. The van der Waals surface area contributed by atoms with Crippen LogP contribution >= 0.6 is 11.8 Å². The van der Waals surface area contributed by atoms with Gasteiger partial charge in [-0.2, -0.15) is 0 Å². The zero-order chi connectivity index (χ0) is 11.2. The van der Waals surface area contributed by atoms with Gasteiger partial charge in [0.15, 0.2) is 0 Å². The van der Waals surface area contributed by atoms with Gasteiger partial charge in [0.25, 0.3) is 0 Å². The van der Waals surface area contributed by atoms with Gasteiger partial charge in [-0.25, -0.2) is 0 Å². The van der Waals surface area contributed by atoms with E-state index >= 15 is 0 Å². The Hall–Kier alpha value is -0.710. The quantitative estimate of drug-likeness (QED) is 0.562. The first-order valence-electron chi connectivity index (χ1n) is 4.32. The van der Waals surface area contributed by atoms with Gasteiger partial charge < -0.3 is 9.84 Å². The number of carboxylic acid groups (broad SMARTS) is 1. The van der Waals surface area contributed by atoms with Crippen LogP contribution in [0.4, 0.5) is 0 Å². The van der Waals surface area contributed by atoms with Crippen molar-refractivity contribution < 1.29 is 19.4 Å². The van der Waals surface area contributed by atoms with Gasteiger partial charge in [0.1, 0.15) is 5.60 Å². The summed E-state index contributed by atoms with van der Waals surface area (Å²) in [7, 11) is 0. The van der Waals surface area contributed by atoms with E-state index < -0.39 is 11.6 Å². The van der Waals surface area contributed by atoms with E-state index in [4.69, 9.17) is 9.84 Å². The molecule has 0 atom stereocenters. The van der Waals surface area contributed by atoms with E-state index in [-0.39, 0.29) is 18.1 Å². The monoisotopic (exact) mass is 220 g/mol. The van der Waals surface area contributed by atoms with Crippen molar-refractivity contribution in [1.82, 2.24) is 0 Å². The smallest absolute Gasteiger partial charge is 0.316 e. The maximum Gasteiger partial charge on any atom is 0.316 e. The highest BCUT2D eigenvalue weighted by Crippen LogP contribution is 2.10. The third-order valence-electron chi connectivity index (χ3n) is 1.10. The molecule has 0 unspecified atom stereocenters. The lowest BCUT2D eigenvalue weighted by Crippen LogP contribution is -2.25. The van der Waals surface area contributed by atoms with Crippen LogP contribution in [-0.2, 0) is 14.3 Å². The van der Waals surface area contributed by atoms with Crippen molar-refractivity contribution in [2.75, 3.05) is 11.5 Å². The van der Waals surface area contributed by atoms with Crippen molar-refractivity contribution in [3.8, 4) is 0 Å². The molecule has 0 bridgehead atoms. The van der Waals surface area contributed by atoms with Crippen LogP contribution in [0.2, 0.25) is 0 Å². The Balaban J connectivity index is 3.50. The van der Waals surface area contributed by atoms with E-state index in [0.29, 0.717) is 5.75 Å². The standard InChI is InChI=1S/C9H16O4S/c1-9(2,3)13-8(12)6-14-5-4-7(10)11/h4-6H2,1-3H3,(H,10,11). The maximum absolute atomic E-state index is 11.1. The predicted molar refractivity (Wildman–Crippen MR) is 55.4 cm³/mol. The molecule has 0 fully saturated rings. The minimum absolute atomic E-state index is 0.0768. The third-order valence-corrected chi connectivity index (χ3v) is 2.03. The van der Waals surface area contributed by atoms with Gasteiger partial charge in [-0.3, -0.25) is 9.59 Å². The van der Waals surface area contributed by atoms with E-state index in [0.717, 1.165) is 0 Å². The summed E-state index contributed by atoms with van der Waals surface area (Å²) in [5, 5.41) is 8.34. The number of carbonyl (C=O) groups is 2. The third kappa shape index (κ3) is 9.38. The van der Waals surface area contributed by atoms with E-state index in [2.05, 4.69) is 0 Å². The Morgan fingerprint density at radius 2 is 1.93 bits per heavy atom. The fraction of sp³-hybridized carbons (Fsp3) is 0.778. The number of carbonyl (C=O) groups excluding carboxylic acids is 1. The SMILES string of the molecule is CC(C)(C)OC(=O)CSCCC(=O)O. The summed E-state index contributed by atoms with van der Waals surface area (Å²) in [5.74, 6) is -0.492. The Bertz CT molecular complexity index is 207. The Kier molecular flexibility index (Phi) is 5.60. The second-order valence-electron chi connectivity index (χ2n) is 3.78. The molecule has 0 saturated carbocycles. The highest BCUT2D eigenvalue weighted by molar-refractivity contribution is 7.99. The Morgan fingerprint density at radius 1 is 1.36 bits per heavy atom. The van der Waals surface area contributed by atoms with Crippen molar-refractivity contribution in [3.05, 3.63) is 0 Å². The molecule has 0 spiro atoms. The summed E-state index contributed by atoms with van der Waals surface area (Å²) in [5.41, 5.74) is -0.468. The molecule has 0 heterocycles. The second kappa shape index (κ2) is 5.90. The lowest BCUT2D eigenvalue weighted by Gasteiger charge is -2.19. The molecule has 0 aromatic rings. The molecule has 0 aliphatic carbocycles. The van der Waals surface area contributed by atoms with Crippen LogP contribution in [0.25, 0.3) is 0 Å². The number of thioether (sulfide) groups is 1. The molecular formula is C9H16O4S. The lowest BCUT2D eigenvalue weighted by atomic mass is 10.2. The van der Waals surface area contributed by atoms with Gasteiger partial charge in [0.2, 0.25) is 0 Å². The summed E-state index contributed by atoms with van der Waals surface area (Å²) >= 11 is 1.27. The first-order valence-corrected chi connectivity index (χ1v) is 5.48. The molecule has 0 aliphatic rings. The van der Waals surface area contributed by atoms with Crippen LogP contribution in [0, 0.1) is 0 Å². The molecule has 4 nitrogen and oxygen atoms in total. The van der Waals surface area contributed by atoms with Crippen molar-refractivity contribution in [2.24, 2.45) is 0 Å². The number of ether oxygens (including phenoxy) is 1. The average Bonchev–Trinajstić information content (AvgIpc) is 1.94. The van der Waals surface area contributed by atoms with Gasteiger partial charge in [0.05, 0.1) is 12.2 Å². The molecule has 0 radical (unpaired) electrons. The number of hydrogen-bond acceptors (Lipinski definition) is 4. The molecule has 5 heteroatoms. The topological polar surface area (TPSA) is 63.6 Å². The maximum atomic E-state index is 11.1. The minimum atomic E-state index is -0.846. The van der Waals surface area contributed by atoms with Gasteiger partial charge in [-0.15, -0.1) is 11.8 Å². The minimum Gasteiger partial charge on any atom is -0.481 e. The van der Waals surface area contributed by atoms with Gasteiger partial charge in [-0.1, -0.05) is 0 Å². The molecule has 0 aliphatic heterocycles. The first kappa shape index (κ1) is 13.3. The van der Waals surface area contributed by atoms with Gasteiger partial charge >= 0.3 is 11.9 Å². The van der Waals surface area contributed by atoms with Crippen molar-refractivity contribution in [3.63, 3.8) is 0 Å². The molecule has 0 saturated heterocycles. The zero-order valence-corrected chi connectivity index (χ0v) is 9.52. The number of rotatable bonds is 5. The summed E-state index contributed by atoms with van der Waals surface area (Å²) < 4.78 is 5.04. The summed E-state index contributed by atoms with van der Waals surface area (Å²) in [6.07, 6.45) is 0.0768. The van der Waals surface area contributed by atoms with E-state index in [1.54, 1.807) is 20.8 Å². The van der Waals surface area contributed by atoms with Crippen LogP contribution in [0.15, 0.2) is 0 Å². The van der Waals surface area contributed by atoms with Crippen LogP contribution in [0.5, 0.6) is 0 Å². The fourth-order valence-corrected chi connectivity index (χ4v) is 1.37. The molecule has 0 rings (SSSR count). The molecule has 0 aromatic carbocycles. The molecule has 1 N–H and O–H groups in total. The zero-order valence-electron chi connectivity index (χ0n) is 8.70. The van der Waals surface area contributed by atoms with Crippen molar-refractivity contribution >= 4 is 23.7 Å². The lowest BCUT2D eigenvalue weighted by molar-refractivity contribution is -0.151. The van der Waals surface area contributed by atoms with Crippen LogP contribution in [0.1, 0.15) is 27.2 Å². The number of esters is 1. The van der Waals surface area contributed by atoms with E-state index in [1.165, 1.54) is 11.8 Å². The first-order chi connectivity index (χ1) is 6.31. The molecular weight excluding hydrogens is 204 g/mol. The highest BCUT2D eigenvalue weighted by atomic mass is 32.2.